The Kier molecular flexibility index (Phi) is 6.65. The van der Waals surface area contributed by atoms with Gasteiger partial charge in [-0.25, -0.2) is 4.99 Å². The number of hydrogen-bond donors (Lipinski definition) is 3. The van der Waals surface area contributed by atoms with Gasteiger partial charge in [-0.15, -0.1) is 0 Å². The molecule has 0 aliphatic rings. The topological polar surface area (TPSA) is 98.0 Å². The van der Waals surface area contributed by atoms with Crippen molar-refractivity contribution in [2.75, 3.05) is 30.9 Å². The van der Waals surface area contributed by atoms with Gasteiger partial charge in [0.25, 0.3) is 0 Å². The van der Waals surface area contributed by atoms with Crippen LogP contribution in [0.25, 0.3) is 0 Å². The number of nitrogens with two attached hydrogens (primary N) is 1. The lowest BCUT2D eigenvalue weighted by molar-refractivity contribution is -0.114. The highest BCUT2D eigenvalue weighted by atomic mass is 16.5. The number of guanidine groups is 1. The zero-order chi connectivity index (χ0) is 18.1. The van der Waals surface area contributed by atoms with E-state index in [2.05, 4.69) is 15.6 Å². The van der Waals surface area contributed by atoms with Gasteiger partial charge in [0.15, 0.2) is 5.96 Å². The first-order chi connectivity index (χ1) is 12.1. The molecule has 0 saturated carbocycles. The van der Waals surface area contributed by atoms with E-state index in [1.807, 2.05) is 36.4 Å². The summed E-state index contributed by atoms with van der Waals surface area (Å²) < 4.78 is 10.8. The van der Waals surface area contributed by atoms with Gasteiger partial charge in [-0.05, 0) is 24.3 Å². The van der Waals surface area contributed by atoms with Crippen molar-refractivity contribution >= 4 is 23.2 Å². The molecule has 0 aliphatic carbocycles. The molecule has 0 atom stereocenters. The third-order valence-electron chi connectivity index (χ3n) is 3.14. The molecule has 2 aromatic carbocycles. The summed E-state index contributed by atoms with van der Waals surface area (Å²) in [5.74, 6) is 1.56. The van der Waals surface area contributed by atoms with Gasteiger partial charge < -0.3 is 25.8 Å². The first-order valence-corrected chi connectivity index (χ1v) is 7.78. The van der Waals surface area contributed by atoms with Crippen LogP contribution in [-0.4, -0.2) is 32.1 Å². The number of nitrogens with one attached hydrogen (secondary N) is 2. The molecule has 0 heterocycles. The molecule has 0 spiro atoms. The second-order valence-corrected chi connectivity index (χ2v) is 5.18. The van der Waals surface area contributed by atoms with Crippen molar-refractivity contribution in [3.8, 4) is 11.5 Å². The van der Waals surface area contributed by atoms with Gasteiger partial charge >= 0.3 is 0 Å². The minimum atomic E-state index is -0.127. The van der Waals surface area contributed by atoms with Crippen LogP contribution >= 0.6 is 0 Å². The van der Waals surface area contributed by atoms with E-state index in [-0.39, 0.29) is 5.91 Å². The molecule has 0 radical (unpaired) electrons. The number of carbonyl (C=O) groups excluding carboxylic acids is 1. The van der Waals surface area contributed by atoms with E-state index in [0.717, 1.165) is 11.4 Å². The molecule has 132 valence electrons. The Balaban J connectivity index is 1.81. The zero-order valence-corrected chi connectivity index (χ0v) is 14.3. The van der Waals surface area contributed by atoms with E-state index in [0.29, 0.717) is 30.5 Å². The summed E-state index contributed by atoms with van der Waals surface area (Å²) in [5, 5.41) is 5.69. The Hall–Kier alpha value is -3.22. The average molecular weight is 342 g/mol. The van der Waals surface area contributed by atoms with E-state index in [1.54, 1.807) is 19.2 Å². The fourth-order valence-corrected chi connectivity index (χ4v) is 2.08. The molecular formula is C18H22N4O3. The predicted octanol–water partition coefficient (Wildman–Crippen LogP) is 2.46. The van der Waals surface area contributed by atoms with Crippen molar-refractivity contribution in [1.29, 1.82) is 0 Å². The minimum Gasteiger partial charge on any atom is -0.497 e. The van der Waals surface area contributed by atoms with Crippen LogP contribution in [0, 0.1) is 0 Å². The molecule has 0 saturated heterocycles. The van der Waals surface area contributed by atoms with E-state index in [4.69, 9.17) is 15.2 Å². The van der Waals surface area contributed by atoms with E-state index in [1.165, 1.54) is 6.92 Å². The molecule has 0 bridgehead atoms. The van der Waals surface area contributed by atoms with Crippen LogP contribution in [0.3, 0.4) is 0 Å². The summed E-state index contributed by atoms with van der Waals surface area (Å²) in [6.45, 7) is 2.22. The maximum Gasteiger partial charge on any atom is 0.221 e. The predicted molar refractivity (Wildman–Crippen MR) is 99.3 cm³/mol. The van der Waals surface area contributed by atoms with Crippen molar-refractivity contribution in [2.45, 2.75) is 6.92 Å². The highest BCUT2D eigenvalue weighted by Gasteiger charge is 2.00. The number of aliphatic imine (C=N–C) groups is 1. The van der Waals surface area contributed by atoms with Crippen LogP contribution < -0.4 is 25.8 Å². The standard InChI is InChI=1S/C18H22N4O3/c1-13(23)21-14-5-4-8-17(12-14)25-10-9-20-18(19)22-15-6-3-7-16(11-15)24-2/h3-8,11-12H,9-10H2,1-2H3,(H,21,23)(H3,19,20,22). The third-order valence-corrected chi connectivity index (χ3v) is 3.14. The van der Waals surface area contributed by atoms with E-state index >= 15 is 0 Å². The second kappa shape index (κ2) is 9.17. The Morgan fingerprint density at radius 2 is 1.72 bits per heavy atom. The lowest BCUT2D eigenvalue weighted by Crippen LogP contribution is -2.23. The van der Waals surface area contributed by atoms with Gasteiger partial charge in [0.05, 0.1) is 13.7 Å². The highest BCUT2D eigenvalue weighted by Crippen LogP contribution is 2.17. The molecule has 7 heteroatoms. The van der Waals surface area contributed by atoms with Gasteiger partial charge in [-0.1, -0.05) is 12.1 Å². The number of benzene rings is 2. The summed E-state index contributed by atoms with van der Waals surface area (Å²) in [6.07, 6.45) is 0. The van der Waals surface area contributed by atoms with Crippen LogP contribution in [0.5, 0.6) is 11.5 Å². The van der Waals surface area contributed by atoms with Gasteiger partial charge in [0.2, 0.25) is 5.91 Å². The Morgan fingerprint density at radius 1 is 1.08 bits per heavy atom. The van der Waals surface area contributed by atoms with Crippen molar-refractivity contribution < 1.29 is 14.3 Å². The number of carbonyl (C=O) groups is 1. The maximum atomic E-state index is 11.1. The SMILES string of the molecule is COc1cccc(NC(N)=NCCOc2cccc(NC(C)=O)c2)c1. The Morgan fingerprint density at radius 3 is 2.40 bits per heavy atom. The number of hydrogen-bond acceptors (Lipinski definition) is 4. The fourth-order valence-electron chi connectivity index (χ4n) is 2.08. The number of methoxy groups -OCH3 is 1. The zero-order valence-electron chi connectivity index (χ0n) is 14.3. The molecule has 0 fully saturated rings. The number of rotatable bonds is 7. The molecule has 1 amide bonds. The number of anilines is 2. The molecular weight excluding hydrogens is 320 g/mol. The van der Waals surface area contributed by atoms with Crippen LogP contribution in [0.15, 0.2) is 53.5 Å². The first-order valence-electron chi connectivity index (χ1n) is 7.78. The van der Waals surface area contributed by atoms with Crippen LogP contribution in [0.1, 0.15) is 6.92 Å². The van der Waals surface area contributed by atoms with E-state index < -0.39 is 0 Å². The molecule has 0 aromatic heterocycles. The van der Waals surface area contributed by atoms with Crippen molar-refractivity contribution in [3.63, 3.8) is 0 Å². The van der Waals surface area contributed by atoms with Crippen molar-refractivity contribution in [2.24, 2.45) is 10.7 Å². The van der Waals surface area contributed by atoms with Gasteiger partial charge in [-0.2, -0.15) is 0 Å². The normalized spacial score (nSPS) is 10.9. The summed E-state index contributed by atoms with van der Waals surface area (Å²) >= 11 is 0. The molecule has 7 nitrogen and oxygen atoms in total. The number of ether oxygens (including phenoxy) is 2. The maximum absolute atomic E-state index is 11.1. The van der Waals surface area contributed by atoms with Gasteiger partial charge in [-0.3, -0.25) is 4.79 Å². The highest BCUT2D eigenvalue weighted by molar-refractivity contribution is 5.92. The first kappa shape index (κ1) is 18.1. The Labute approximate surface area is 146 Å². The van der Waals surface area contributed by atoms with Crippen molar-refractivity contribution in [1.82, 2.24) is 0 Å². The lowest BCUT2D eigenvalue weighted by atomic mass is 10.3. The fraction of sp³-hybridized carbons (Fsp3) is 0.222. The smallest absolute Gasteiger partial charge is 0.221 e. The number of amides is 1. The molecule has 0 unspecified atom stereocenters. The molecule has 2 rings (SSSR count). The summed E-state index contributed by atoms with van der Waals surface area (Å²) in [7, 11) is 1.61. The third kappa shape index (κ3) is 6.42. The largest absolute Gasteiger partial charge is 0.497 e. The van der Waals surface area contributed by atoms with Gasteiger partial charge in [0, 0.05) is 30.4 Å². The second-order valence-electron chi connectivity index (χ2n) is 5.18. The molecule has 25 heavy (non-hydrogen) atoms. The van der Waals surface area contributed by atoms with Crippen LogP contribution in [0.2, 0.25) is 0 Å². The summed E-state index contributed by atoms with van der Waals surface area (Å²) in [5.41, 5.74) is 7.33. The van der Waals surface area contributed by atoms with Gasteiger partial charge in [0.1, 0.15) is 18.1 Å². The molecule has 0 aliphatic heterocycles. The van der Waals surface area contributed by atoms with E-state index in [9.17, 15) is 4.79 Å². The molecule has 4 N–H and O–H groups in total. The molecule has 2 aromatic rings. The monoisotopic (exact) mass is 342 g/mol. The van der Waals surface area contributed by atoms with Crippen LogP contribution in [-0.2, 0) is 4.79 Å². The lowest BCUT2D eigenvalue weighted by Gasteiger charge is -2.09. The average Bonchev–Trinajstić information content (AvgIpc) is 2.59. The summed E-state index contributed by atoms with van der Waals surface area (Å²) in [4.78, 5) is 15.3. The number of nitrogens with zero attached hydrogens (tertiary/aromatic N) is 1. The van der Waals surface area contributed by atoms with Crippen molar-refractivity contribution in [3.05, 3.63) is 48.5 Å². The minimum absolute atomic E-state index is 0.127. The quantitative estimate of drug-likeness (QED) is 0.408. The Bertz CT molecular complexity index is 747. The summed E-state index contributed by atoms with van der Waals surface area (Å²) in [6, 6.07) is 14.6. The van der Waals surface area contributed by atoms with Crippen LogP contribution in [0.4, 0.5) is 11.4 Å².